The number of amides is 1. The Morgan fingerprint density at radius 1 is 1.33 bits per heavy atom. The first-order valence-electron chi connectivity index (χ1n) is 6.50. The third kappa shape index (κ3) is 3.22. The molecule has 1 saturated carbocycles. The molecule has 2 rings (SSSR count). The Morgan fingerprint density at radius 3 is 2.78 bits per heavy atom. The van der Waals surface area contributed by atoms with Crippen LogP contribution in [0.25, 0.3) is 0 Å². The van der Waals surface area contributed by atoms with E-state index in [0.29, 0.717) is 18.2 Å². The van der Waals surface area contributed by atoms with Crippen molar-refractivity contribution in [3.8, 4) is 0 Å². The van der Waals surface area contributed by atoms with E-state index in [1.165, 1.54) is 37.5 Å². The number of hydrogen-bond acceptors (Lipinski definition) is 2. The Kier molecular flexibility index (Phi) is 4.18. The standard InChI is InChI=1S/C14H19FN2O/c15-13-7-6-11(16)8-12(13)14(18)17-9-10-4-2-1-3-5-10/h6-8,10H,1-5,9,16H2,(H,17,18). The van der Waals surface area contributed by atoms with E-state index in [1.54, 1.807) is 0 Å². The predicted molar refractivity (Wildman–Crippen MR) is 69.7 cm³/mol. The number of hydrogen-bond donors (Lipinski definition) is 2. The number of nitrogens with one attached hydrogen (secondary N) is 1. The maximum Gasteiger partial charge on any atom is 0.254 e. The number of carbonyl (C=O) groups is 1. The first-order valence-corrected chi connectivity index (χ1v) is 6.50. The molecule has 0 radical (unpaired) electrons. The third-order valence-corrected chi connectivity index (χ3v) is 3.51. The highest BCUT2D eigenvalue weighted by Gasteiger charge is 2.16. The van der Waals surface area contributed by atoms with Crippen LogP contribution in [0.4, 0.5) is 10.1 Å². The monoisotopic (exact) mass is 250 g/mol. The maximum atomic E-state index is 13.5. The number of nitrogen functional groups attached to an aromatic ring is 1. The topological polar surface area (TPSA) is 55.1 Å². The smallest absolute Gasteiger partial charge is 0.254 e. The molecule has 1 aromatic rings. The van der Waals surface area contributed by atoms with Gasteiger partial charge in [-0.1, -0.05) is 19.3 Å². The summed E-state index contributed by atoms with van der Waals surface area (Å²) in [5.41, 5.74) is 5.99. The number of anilines is 1. The molecule has 0 spiro atoms. The molecular formula is C14H19FN2O. The summed E-state index contributed by atoms with van der Waals surface area (Å²) in [5, 5.41) is 2.80. The largest absolute Gasteiger partial charge is 0.399 e. The van der Waals surface area contributed by atoms with Gasteiger partial charge in [0.05, 0.1) is 5.56 Å². The summed E-state index contributed by atoms with van der Waals surface area (Å²) < 4.78 is 13.5. The predicted octanol–water partition coefficient (Wildman–Crippen LogP) is 2.72. The molecule has 0 aromatic heterocycles. The second-order valence-corrected chi connectivity index (χ2v) is 4.95. The van der Waals surface area contributed by atoms with Gasteiger partial charge in [0, 0.05) is 12.2 Å². The molecule has 3 N–H and O–H groups in total. The van der Waals surface area contributed by atoms with Crippen molar-refractivity contribution >= 4 is 11.6 Å². The van der Waals surface area contributed by atoms with E-state index in [9.17, 15) is 9.18 Å². The molecule has 18 heavy (non-hydrogen) atoms. The number of rotatable bonds is 3. The van der Waals surface area contributed by atoms with Gasteiger partial charge in [-0.05, 0) is 37.0 Å². The fourth-order valence-corrected chi connectivity index (χ4v) is 2.44. The molecule has 1 amide bonds. The maximum absolute atomic E-state index is 13.5. The van der Waals surface area contributed by atoms with Crippen molar-refractivity contribution in [2.45, 2.75) is 32.1 Å². The Labute approximate surface area is 107 Å². The molecule has 4 heteroatoms. The quantitative estimate of drug-likeness (QED) is 0.810. The highest BCUT2D eigenvalue weighted by Crippen LogP contribution is 2.23. The van der Waals surface area contributed by atoms with Gasteiger partial charge in [-0.25, -0.2) is 4.39 Å². The van der Waals surface area contributed by atoms with E-state index in [4.69, 9.17) is 5.73 Å². The molecule has 1 aliphatic rings. The molecule has 3 nitrogen and oxygen atoms in total. The van der Waals surface area contributed by atoms with Crippen LogP contribution in [0.5, 0.6) is 0 Å². The van der Waals surface area contributed by atoms with Gasteiger partial charge in [-0.15, -0.1) is 0 Å². The second kappa shape index (κ2) is 5.85. The zero-order chi connectivity index (χ0) is 13.0. The van der Waals surface area contributed by atoms with Gasteiger partial charge in [-0.2, -0.15) is 0 Å². The minimum absolute atomic E-state index is 0.0332. The van der Waals surface area contributed by atoms with Gasteiger partial charge in [-0.3, -0.25) is 4.79 Å². The summed E-state index contributed by atoms with van der Waals surface area (Å²) in [7, 11) is 0. The van der Waals surface area contributed by atoms with Crippen LogP contribution in [0.2, 0.25) is 0 Å². The van der Waals surface area contributed by atoms with Crippen LogP contribution in [0, 0.1) is 11.7 Å². The summed E-state index contributed by atoms with van der Waals surface area (Å²) in [6, 6.07) is 4.06. The first-order chi connectivity index (χ1) is 8.66. The first kappa shape index (κ1) is 12.9. The van der Waals surface area contributed by atoms with Crippen molar-refractivity contribution < 1.29 is 9.18 Å². The van der Waals surface area contributed by atoms with Crippen molar-refractivity contribution in [3.63, 3.8) is 0 Å². The van der Waals surface area contributed by atoms with Gasteiger partial charge in [0.15, 0.2) is 0 Å². The van der Waals surface area contributed by atoms with Gasteiger partial charge >= 0.3 is 0 Å². The van der Waals surface area contributed by atoms with E-state index in [2.05, 4.69) is 5.32 Å². The Bertz CT molecular complexity index is 428. The molecule has 1 fully saturated rings. The second-order valence-electron chi connectivity index (χ2n) is 4.95. The fourth-order valence-electron chi connectivity index (χ4n) is 2.44. The van der Waals surface area contributed by atoms with Gasteiger partial charge in [0.25, 0.3) is 5.91 Å². The Balaban J connectivity index is 1.92. The lowest BCUT2D eigenvalue weighted by Gasteiger charge is -2.21. The van der Waals surface area contributed by atoms with Crippen molar-refractivity contribution in [2.24, 2.45) is 5.92 Å². The third-order valence-electron chi connectivity index (χ3n) is 3.51. The molecule has 1 aromatic carbocycles. The SMILES string of the molecule is Nc1ccc(F)c(C(=O)NCC2CCCCC2)c1. The normalized spacial score (nSPS) is 16.5. The molecular weight excluding hydrogens is 231 g/mol. The van der Waals surface area contributed by atoms with Crippen LogP contribution in [-0.2, 0) is 0 Å². The summed E-state index contributed by atoms with van der Waals surface area (Å²) in [4.78, 5) is 11.9. The zero-order valence-electron chi connectivity index (χ0n) is 10.4. The lowest BCUT2D eigenvalue weighted by molar-refractivity contribution is 0.0939. The van der Waals surface area contributed by atoms with E-state index >= 15 is 0 Å². The molecule has 0 heterocycles. The molecule has 0 unspecified atom stereocenters. The van der Waals surface area contributed by atoms with E-state index < -0.39 is 5.82 Å². The lowest BCUT2D eigenvalue weighted by atomic mass is 9.89. The highest BCUT2D eigenvalue weighted by atomic mass is 19.1. The number of nitrogens with two attached hydrogens (primary N) is 1. The number of carbonyl (C=O) groups excluding carboxylic acids is 1. The van der Waals surface area contributed by atoms with E-state index in [-0.39, 0.29) is 11.5 Å². The minimum atomic E-state index is -0.523. The van der Waals surface area contributed by atoms with Crippen LogP contribution < -0.4 is 11.1 Å². The molecule has 0 aliphatic heterocycles. The highest BCUT2D eigenvalue weighted by molar-refractivity contribution is 5.95. The molecule has 98 valence electrons. The van der Waals surface area contributed by atoms with Crippen LogP contribution in [-0.4, -0.2) is 12.5 Å². The summed E-state index contributed by atoms with van der Waals surface area (Å²) in [5.74, 6) is -0.359. The molecule has 0 atom stereocenters. The Morgan fingerprint density at radius 2 is 2.06 bits per heavy atom. The number of benzene rings is 1. The molecule has 0 saturated heterocycles. The zero-order valence-corrected chi connectivity index (χ0v) is 10.4. The van der Waals surface area contributed by atoms with E-state index in [0.717, 1.165) is 12.8 Å². The average molecular weight is 250 g/mol. The molecule has 1 aliphatic carbocycles. The van der Waals surface area contributed by atoms with Crippen LogP contribution in [0.3, 0.4) is 0 Å². The van der Waals surface area contributed by atoms with E-state index in [1.807, 2.05) is 0 Å². The number of halogens is 1. The van der Waals surface area contributed by atoms with Gasteiger partial charge in [0.1, 0.15) is 5.82 Å². The van der Waals surface area contributed by atoms with Gasteiger partial charge in [0.2, 0.25) is 0 Å². The van der Waals surface area contributed by atoms with Gasteiger partial charge < -0.3 is 11.1 Å². The average Bonchev–Trinajstić information content (AvgIpc) is 2.40. The fraction of sp³-hybridized carbons (Fsp3) is 0.500. The lowest BCUT2D eigenvalue weighted by Crippen LogP contribution is -2.30. The summed E-state index contributed by atoms with van der Waals surface area (Å²) >= 11 is 0. The summed E-state index contributed by atoms with van der Waals surface area (Å²) in [6.45, 7) is 0.632. The Hall–Kier alpha value is -1.58. The van der Waals surface area contributed by atoms with Crippen LogP contribution in [0.1, 0.15) is 42.5 Å². The van der Waals surface area contributed by atoms with Crippen LogP contribution >= 0.6 is 0 Å². The van der Waals surface area contributed by atoms with Crippen molar-refractivity contribution in [3.05, 3.63) is 29.6 Å². The minimum Gasteiger partial charge on any atom is -0.399 e. The summed E-state index contributed by atoms with van der Waals surface area (Å²) in [6.07, 6.45) is 6.05. The van der Waals surface area contributed by atoms with Crippen molar-refractivity contribution in [1.82, 2.24) is 5.32 Å². The van der Waals surface area contributed by atoms with Crippen LogP contribution in [0.15, 0.2) is 18.2 Å². The van der Waals surface area contributed by atoms with Crippen molar-refractivity contribution in [2.75, 3.05) is 12.3 Å². The van der Waals surface area contributed by atoms with Crippen molar-refractivity contribution in [1.29, 1.82) is 0 Å². The molecule has 0 bridgehead atoms.